The number of aliphatic hydroxyl groups excluding tert-OH is 1. The van der Waals surface area contributed by atoms with E-state index in [2.05, 4.69) is 58.8 Å². The highest BCUT2D eigenvalue weighted by Gasteiger charge is 2.07. The molecular weight excluding hydrogens is 917 g/mol. The molecular formula is C52H63BBrN3O10. The first-order valence-corrected chi connectivity index (χ1v) is 21.6. The van der Waals surface area contributed by atoms with Gasteiger partial charge in [0.15, 0.2) is 0 Å². The topological polar surface area (TPSA) is 253 Å². The van der Waals surface area contributed by atoms with Gasteiger partial charge in [-0.1, -0.05) is 154 Å². The van der Waals surface area contributed by atoms with Crippen LogP contribution in [0.3, 0.4) is 0 Å². The van der Waals surface area contributed by atoms with Crippen LogP contribution < -0.4 is 5.46 Å². The van der Waals surface area contributed by atoms with Crippen molar-refractivity contribution < 1.29 is 49.6 Å². The van der Waals surface area contributed by atoms with Crippen molar-refractivity contribution in [2.75, 3.05) is 19.0 Å². The van der Waals surface area contributed by atoms with Crippen molar-refractivity contribution in [2.45, 2.75) is 48.5 Å². The molecule has 6 N–H and O–H groups in total. The minimum atomic E-state index is -1.34. The molecule has 0 bridgehead atoms. The van der Waals surface area contributed by atoms with Crippen molar-refractivity contribution in [1.82, 2.24) is 0 Å². The van der Waals surface area contributed by atoms with Gasteiger partial charge in [-0.15, -0.1) is 0 Å². The lowest BCUT2D eigenvalue weighted by Gasteiger charge is -1.94. The average Bonchev–Trinajstić information content (AvgIpc) is 3.33. The smallest absolute Gasteiger partial charge is 0.488 e. The molecule has 0 unspecified atom stereocenters. The van der Waals surface area contributed by atoms with Gasteiger partial charge >= 0.3 is 13.1 Å². The van der Waals surface area contributed by atoms with Crippen molar-refractivity contribution in [3.63, 3.8) is 0 Å². The standard InChI is InChI=1S/3C7H5NO.2C7H8.C6H7BO2.C4H8O2.C2H6O.2C2H4O.CH3Br/c3*8-5-6-3-1-2-4-7(6)9;2*1-7-5-3-2-4-6-7;8-7(9)6-4-2-1-3-5-6;1-3-6-4(2)5;3*1-2-3;1-2/h3*1-4,9H;2*2-6H,1H3;1-5,8-9H;3H2,1-2H3;3H,2H2,1H3;2*2H,1H3;1H3. The Hall–Kier alpha value is -7.58. The van der Waals surface area contributed by atoms with Crippen LogP contribution in [0.2, 0.25) is 0 Å². The first-order chi connectivity index (χ1) is 32.1. The Balaban J connectivity index is -0.000000216. The second-order valence-corrected chi connectivity index (χ2v) is 11.7. The average molecular weight is 981 g/mol. The van der Waals surface area contributed by atoms with Gasteiger partial charge in [-0.2, -0.15) is 15.8 Å². The second kappa shape index (κ2) is 52.8. The number of rotatable bonds is 2. The number of aromatic hydroxyl groups is 3. The third-order valence-corrected chi connectivity index (χ3v) is 6.40. The van der Waals surface area contributed by atoms with Crippen molar-refractivity contribution >= 4 is 47.1 Å². The fraction of sp³-hybridized carbons (Fsp3) is 0.192. The fourth-order valence-electron chi connectivity index (χ4n) is 3.60. The molecule has 0 spiro atoms. The summed E-state index contributed by atoms with van der Waals surface area (Å²) in [5, 5.41) is 76.3. The van der Waals surface area contributed by atoms with E-state index in [0.29, 0.717) is 28.8 Å². The van der Waals surface area contributed by atoms with Crippen molar-refractivity contribution in [3.8, 4) is 35.5 Å². The second-order valence-electron chi connectivity index (χ2n) is 11.7. The van der Waals surface area contributed by atoms with Gasteiger partial charge in [0.25, 0.3) is 0 Å². The van der Waals surface area contributed by atoms with Crippen LogP contribution in [-0.2, 0) is 19.1 Å². The summed E-state index contributed by atoms with van der Waals surface area (Å²) in [5.74, 6) is 1.73. The van der Waals surface area contributed by atoms with E-state index in [1.165, 1.54) is 50.1 Å². The van der Waals surface area contributed by atoms with E-state index in [9.17, 15) is 4.79 Å². The fourth-order valence-corrected chi connectivity index (χ4v) is 3.60. The van der Waals surface area contributed by atoms with E-state index in [1.807, 2.05) is 66.5 Å². The molecule has 0 radical (unpaired) electrons. The summed E-state index contributed by atoms with van der Waals surface area (Å²) in [6.45, 7) is 12.6. The number of esters is 1. The Bertz CT molecular complexity index is 2020. The molecule has 356 valence electrons. The molecule has 0 aliphatic rings. The number of carbonyl (C=O) groups excluding carboxylic acids is 3. The normalized spacial score (nSPS) is 7.84. The molecule has 6 rings (SSSR count). The quantitative estimate of drug-likeness (QED) is 0.0410. The number of aliphatic hydroxyl groups is 1. The molecule has 0 saturated carbocycles. The largest absolute Gasteiger partial charge is 0.507 e. The molecule has 6 aromatic carbocycles. The van der Waals surface area contributed by atoms with Gasteiger partial charge in [-0.25, -0.2) is 0 Å². The number of phenolic OH excluding ortho intramolecular Hbond substituents is 3. The van der Waals surface area contributed by atoms with E-state index < -0.39 is 7.12 Å². The Morgan fingerprint density at radius 1 is 0.552 bits per heavy atom. The highest BCUT2D eigenvalue weighted by Crippen LogP contribution is 2.14. The van der Waals surface area contributed by atoms with E-state index >= 15 is 0 Å². The number of nitriles is 3. The van der Waals surface area contributed by atoms with E-state index in [0.717, 1.165) is 12.6 Å². The minimum Gasteiger partial charge on any atom is -0.507 e. The Kier molecular flexibility index (Phi) is 53.9. The third kappa shape index (κ3) is 47.7. The first kappa shape index (κ1) is 68.5. The highest BCUT2D eigenvalue weighted by molar-refractivity contribution is 9.08. The number of aldehydes is 2. The molecule has 0 aromatic heterocycles. The maximum Gasteiger partial charge on any atom is 0.488 e. The summed E-state index contributed by atoms with van der Waals surface area (Å²) in [4.78, 5) is 27.4. The number of para-hydroxylation sites is 3. The predicted molar refractivity (Wildman–Crippen MR) is 270 cm³/mol. The van der Waals surface area contributed by atoms with E-state index in [-0.39, 0.29) is 29.8 Å². The SMILES string of the molecule is CBr.CC=O.CC=O.CCO.CCOC(C)=O.Cc1ccccc1.Cc1ccccc1.N#Cc1ccccc1O.N#Cc1ccccc1O.N#Cc1ccccc1O.OB(O)c1ccccc1. The molecule has 15 heteroatoms. The summed E-state index contributed by atoms with van der Waals surface area (Å²) < 4.78 is 4.40. The summed E-state index contributed by atoms with van der Waals surface area (Å²) >= 11 is 2.94. The number of halogens is 1. The number of carbonyl (C=O) groups is 3. The van der Waals surface area contributed by atoms with Crippen molar-refractivity contribution in [1.29, 1.82) is 15.8 Å². The maximum absolute atomic E-state index is 9.82. The highest BCUT2D eigenvalue weighted by atomic mass is 79.9. The molecule has 13 nitrogen and oxygen atoms in total. The van der Waals surface area contributed by atoms with E-state index in [1.54, 1.807) is 92.7 Å². The Morgan fingerprint density at radius 2 is 0.776 bits per heavy atom. The zero-order valence-corrected chi connectivity index (χ0v) is 40.9. The van der Waals surface area contributed by atoms with Gasteiger partial charge in [-0.3, -0.25) is 4.79 Å². The van der Waals surface area contributed by atoms with E-state index in [4.69, 9.17) is 55.8 Å². The van der Waals surface area contributed by atoms with Crippen LogP contribution in [0.25, 0.3) is 0 Å². The molecule has 6 aromatic rings. The lowest BCUT2D eigenvalue weighted by molar-refractivity contribution is -0.140. The van der Waals surface area contributed by atoms with Crippen LogP contribution in [0.15, 0.2) is 164 Å². The number of hydrogen-bond donors (Lipinski definition) is 6. The summed E-state index contributed by atoms with van der Waals surface area (Å²) in [5.41, 5.74) is 4.12. The molecule has 0 amide bonds. The summed E-state index contributed by atoms with van der Waals surface area (Å²) in [7, 11) is -1.34. The zero-order valence-electron chi connectivity index (χ0n) is 39.3. The molecule has 0 atom stereocenters. The van der Waals surface area contributed by atoms with Gasteiger partial charge < -0.3 is 44.8 Å². The van der Waals surface area contributed by atoms with Gasteiger partial charge in [0.05, 0.1) is 23.3 Å². The summed E-state index contributed by atoms with van der Waals surface area (Å²) in [6.07, 6.45) is 1.50. The van der Waals surface area contributed by atoms with Crippen molar-refractivity contribution in [3.05, 3.63) is 192 Å². The van der Waals surface area contributed by atoms with Crippen LogP contribution >= 0.6 is 15.9 Å². The number of hydrogen-bond acceptors (Lipinski definition) is 13. The molecule has 0 heterocycles. The Labute approximate surface area is 405 Å². The third-order valence-electron chi connectivity index (χ3n) is 6.40. The van der Waals surface area contributed by atoms with Gasteiger partial charge in [0.2, 0.25) is 0 Å². The van der Waals surface area contributed by atoms with Crippen LogP contribution in [0.5, 0.6) is 17.2 Å². The molecule has 0 saturated heterocycles. The molecule has 0 aliphatic heterocycles. The Morgan fingerprint density at radius 3 is 0.896 bits per heavy atom. The molecule has 67 heavy (non-hydrogen) atoms. The van der Waals surface area contributed by atoms with Gasteiger partial charge in [-0.05, 0) is 89.2 Å². The first-order valence-electron chi connectivity index (χ1n) is 20.0. The van der Waals surface area contributed by atoms with Crippen LogP contribution in [0, 0.1) is 47.8 Å². The van der Waals surface area contributed by atoms with Gasteiger partial charge in [0.1, 0.15) is 48.0 Å². The maximum atomic E-state index is 9.82. The lowest BCUT2D eigenvalue weighted by atomic mass is 9.81. The zero-order chi connectivity index (χ0) is 52.1. The number of benzene rings is 6. The number of nitrogens with zero attached hydrogens (tertiary/aromatic N) is 3. The van der Waals surface area contributed by atoms with Gasteiger partial charge in [0, 0.05) is 13.5 Å². The number of aryl methyl sites for hydroxylation is 2. The molecule has 0 aliphatic carbocycles. The van der Waals surface area contributed by atoms with Crippen LogP contribution in [0.4, 0.5) is 0 Å². The predicted octanol–water partition coefficient (Wildman–Crippen LogP) is 9.14. The number of alkyl halides is 1. The van der Waals surface area contributed by atoms with Crippen LogP contribution in [-0.4, -0.2) is 75.2 Å². The molecule has 0 fully saturated rings. The minimum absolute atomic E-state index is 0.0417. The van der Waals surface area contributed by atoms with Crippen molar-refractivity contribution in [2.24, 2.45) is 0 Å². The summed E-state index contributed by atoms with van der Waals surface area (Å²) in [6, 6.07) is 54.0. The monoisotopic (exact) mass is 979 g/mol. The number of phenols is 3. The number of ether oxygens (including phenoxy) is 1. The lowest BCUT2D eigenvalue weighted by Crippen LogP contribution is -2.29. The van der Waals surface area contributed by atoms with Crippen LogP contribution in [0.1, 0.15) is 62.4 Å².